The molecule has 0 aromatic carbocycles. The van der Waals surface area contributed by atoms with Gasteiger partial charge in [0.15, 0.2) is 0 Å². The van der Waals surface area contributed by atoms with E-state index in [-0.39, 0.29) is 74.8 Å². The Kier molecular flexibility index (Phi) is 10.1. The average Bonchev–Trinajstić information content (AvgIpc) is 1.65. The number of rotatable bonds is 2. The van der Waals surface area contributed by atoms with Gasteiger partial charge >= 0.3 is 74.9 Å². The monoisotopic (exact) mass is 236 g/mol. The first-order valence-electron chi connectivity index (χ1n) is 2.41. The second-order valence-corrected chi connectivity index (χ2v) is 1.65. The predicted molar refractivity (Wildman–Crippen MR) is 34.2 cm³/mol. The van der Waals surface area contributed by atoms with E-state index in [2.05, 4.69) is 0 Å². The minimum absolute atomic E-state index is 0. The molecule has 3 heteroatoms. The van der Waals surface area contributed by atoms with Gasteiger partial charge in [-0.15, -0.1) is 0 Å². The minimum atomic E-state index is -0.706. The number of aliphatic carboxylic acids is 1. The topological polar surface area (TPSA) is 37.3 Å². The molecule has 44 valence electrons. The van der Waals surface area contributed by atoms with Crippen LogP contribution in [-0.2, 0) is 4.79 Å². The van der Waals surface area contributed by atoms with Crippen molar-refractivity contribution < 1.29 is 9.90 Å². The fourth-order valence-corrected chi connectivity index (χ4v) is 0.175. The molecule has 0 fully saturated rings. The van der Waals surface area contributed by atoms with Crippen molar-refractivity contribution in [2.24, 2.45) is 5.92 Å². The summed E-state index contributed by atoms with van der Waals surface area (Å²) in [6, 6.07) is 0. The zero-order valence-corrected chi connectivity index (χ0v) is 4.64. The van der Waals surface area contributed by atoms with E-state index in [1.807, 2.05) is 6.92 Å². The quantitative estimate of drug-likeness (QED) is 0.756. The molecular formula is C5H11CsO2. The molecule has 0 spiro atoms. The first-order chi connectivity index (χ1) is 3.18. The molecule has 1 unspecified atom stereocenters. The van der Waals surface area contributed by atoms with Gasteiger partial charge in [-0.25, -0.2) is 0 Å². The molecule has 0 rings (SSSR count). The summed E-state index contributed by atoms with van der Waals surface area (Å²) in [5, 5.41) is 8.18. The van der Waals surface area contributed by atoms with Crippen molar-refractivity contribution in [1.82, 2.24) is 0 Å². The van der Waals surface area contributed by atoms with Crippen molar-refractivity contribution in [3.05, 3.63) is 0 Å². The van der Waals surface area contributed by atoms with Crippen LogP contribution in [0.5, 0.6) is 0 Å². The van der Waals surface area contributed by atoms with Crippen molar-refractivity contribution in [3.63, 3.8) is 0 Å². The average molecular weight is 236 g/mol. The molecule has 0 radical (unpaired) electrons. The van der Waals surface area contributed by atoms with E-state index in [9.17, 15) is 4.79 Å². The summed E-state index contributed by atoms with van der Waals surface area (Å²) in [5.74, 6) is -0.887. The van der Waals surface area contributed by atoms with E-state index in [1.165, 1.54) is 0 Å². The van der Waals surface area contributed by atoms with E-state index in [0.717, 1.165) is 6.42 Å². The Morgan fingerprint density at radius 1 is 1.75 bits per heavy atom. The van der Waals surface area contributed by atoms with Crippen molar-refractivity contribution in [3.8, 4) is 0 Å². The summed E-state index contributed by atoms with van der Waals surface area (Å²) in [6.07, 6.45) is 0.718. The van der Waals surface area contributed by atoms with Crippen molar-refractivity contribution in [2.45, 2.75) is 20.3 Å². The second-order valence-electron chi connectivity index (χ2n) is 1.65. The van der Waals surface area contributed by atoms with E-state index in [0.29, 0.717) is 0 Å². The first-order valence-corrected chi connectivity index (χ1v) is 2.41. The number of hydrogen-bond acceptors (Lipinski definition) is 1. The molecule has 0 bridgehead atoms. The van der Waals surface area contributed by atoms with Crippen LogP contribution in [0.4, 0.5) is 0 Å². The van der Waals surface area contributed by atoms with Crippen LogP contribution < -0.4 is 0 Å². The predicted octanol–water partition coefficient (Wildman–Crippen LogP) is 0.469. The van der Waals surface area contributed by atoms with Gasteiger partial charge < -0.3 is 5.11 Å². The van der Waals surface area contributed by atoms with Crippen molar-refractivity contribution >= 4 is 74.9 Å². The maximum atomic E-state index is 9.93. The summed E-state index contributed by atoms with van der Waals surface area (Å²) >= 11 is 0. The van der Waals surface area contributed by atoms with Gasteiger partial charge in [-0.05, 0) is 6.42 Å². The third-order valence-electron chi connectivity index (χ3n) is 1.03. The maximum absolute atomic E-state index is 9.93. The standard InChI is InChI=1S/C5H10O2.Cs.H/c1-3-4(2)5(6)7;;/h4H,3H2,1-2H3,(H,6,7);;. The number of carbonyl (C=O) groups is 1. The normalized spacial score (nSPS) is 11.8. The Hall–Kier alpha value is 1.52. The number of carboxylic acids is 1. The molecule has 2 nitrogen and oxygen atoms in total. The zero-order valence-electron chi connectivity index (χ0n) is 4.64. The van der Waals surface area contributed by atoms with E-state index >= 15 is 0 Å². The van der Waals surface area contributed by atoms with E-state index in [4.69, 9.17) is 5.11 Å². The molecule has 0 saturated heterocycles. The molecule has 0 aromatic heterocycles. The van der Waals surface area contributed by atoms with Crippen LogP contribution in [0.25, 0.3) is 0 Å². The molecule has 1 N–H and O–H groups in total. The Labute approximate surface area is 108 Å². The summed E-state index contributed by atoms with van der Waals surface area (Å²) in [4.78, 5) is 9.93. The zero-order chi connectivity index (χ0) is 5.86. The van der Waals surface area contributed by atoms with Gasteiger partial charge in [-0.1, -0.05) is 13.8 Å². The fraction of sp³-hybridized carbons (Fsp3) is 0.800. The van der Waals surface area contributed by atoms with Crippen LogP contribution in [0.15, 0.2) is 0 Å². The van der Waals surface area contributed by atoms with Crippen LogP contribution >= 0.6 is 0 Å². The van der Waals surface area contributed by atoms with Gasteiger partial charge in [0, 0.05) is 0 Å². The summed E-state index contributed by atoms with van der Waals surface area (Å²) in [7, 11) is 0. The molecule has 8 heavy (non-hydrogen) atoms. The third kappa shape index (κ3) is 5.65. The summed E-state index contributed by atoms with van der Waals surface area (Å²) in [5.41, 5.74) is 0. The molecule has 0 aliphatic heterocycles. The Morgan fingerprint density at radius 3 is 2.12 bits per heavy atom. The Balaban J connectivity index is 0. The number of carboxylic acid groups (broad SMARTS) is 1. The SMILES string of the molecule is CCC(C)C(=O)O.[CsH]. The van der Waals surface area contributed by atoms with Gasteiger partial charge in [0.2, 0.25) is 0 Å². The van der Waals surface area contributed by atoms with Gasteiger partial charge in [0.1, 0.15) is 0 Å². The molecule has 0 aliphatic rings. The van der Waals surface area contributed by atoms with Gasteiger partial charge in [0.05, 0.1) is 5.92 Å². The third-order valence-corrected chi connectivity index (χ3v) is 1.03. The van der Waals surface area contributed by atoms with Crippen LogP contribution in [0.2, 0.25) is 0 Å². The molecule has 0 aliphatic carbocycles. The molecule has 1 atom stereocenters. The van der Waals surface area contributed by atoms with Crippen LogP contribution in [0.3, 0.4) is 0 Å². The van der Waals surface area contributed by atoms with Gasteiger partial charge in [0.25, 0.3) is 0 Å². The fourth-order valence-electron chi connectivity index (χ4n) is 0.175. The molecule has 0 heterocycles. The Bertz CT molecular complexity index is 72.8. The summed E-state index contributed by atoms with van der Waals surface area (Å²) in [6.45, 7) is 3.56. The second kappa shape index (κ2) is 6.64. The first kappa shape index (κ1) is 12.2. The van der Waals surface area contributed by atoms with Crippen LogP contribution in [0.1, 0.15) is 20.3 Å². The van der Waals surface area contributed by atoms with E-state index < -0.39 is 5.97 Å². The Morgan fingerprint density at radius 2 is 2.12 bits per heavy atom. The molecule has 0 aromatic rings. The molecular weight excluding hydrogens is 225 g/mol. The van der Waals surface area contributed by atoms with Crippen LogP contribution in [-0.4, -0.2) is 80.0 Å². The van der Waals surface area contributed by atoms with Crippen molar-refractivity contribution in [1.29, 1.82) is 0 Å². The van der Waals surface area contributed by atoms with E-state index in [1.54, 1.807) is 6.92 Å². The molecule has 0 saturated carbocycles. The van der Waals surface area contributed by atoms with Crippen molar-refractivity contribution in [2.75, 3.05) is 0 Å². The van der Waals surface area contributed by atoms with Crippen LogP contribution in [0, 0.1) is 5.92 Å². The molecule has 0 amide bonds. The number of hydrogen-bond donors (Lipinski definition) is 1. The summed E-state index contributed by atoms with van der Waals surface area (Å²) < 4.78 is 0. The van der Waals surface area contributed by atoms with Gasteiger partial charge in [-0.3, -0.25) is 4.79 Å². The van der Waals surface area contributed by atoms with Gasteiger partial charge in [-0.2, -0.15) is 0 Å².